The Bertz CT molecular complexity index is 874. The lowest BCUT2D eigenvalue weighted by atomic mass is 10.1. The SMILES string of the molecule is Cc1cc(-n2cccn2)ccc1-c1nccn1C[C@H](C)N1CCN(C)CC1. The van der Waals surface area contributed by atoms with Crippen LogP contribution in [0.15, 0.2) is 49.1 Å². The molecule has 1 aliphatic rings. The Morgan fingerprint density at radius 1 is 1.07 bits per heavy atom. The fourth-order valence-electron chi connectivity index (χ4n) is 3.83. The Morgan fingerprint density at radius 3 is 2.59 bits per heavy atom. The summed E-state index contributed by atoms with van der Waals surface area (Å²) in [6.45, 7) is 10.00. The van der Waals surface area contributed by atoms with Crippen LogP contribution in [-0.2, 0) is 6.54 Å². The van der Waals surface area contributed by atoms with E-state index >= 15 is 0 Å². The lowest BCUT2D eigenvalue weighted by Gasteiger charge is -2.36. The molecule has 0 radical (unpaired) electrons. The highest BCUT2D eigenvalue weighted by Crippen LogP contribution is 2.25. The van der Waals surface area contributed by atoms with E-state index < -0.39 is 0 Å². The van der Waals surface area contributed by atoms with E-state index in [1.165, 1.54) is 11.1 Å². The van der Waals surface area contributed by atoms with E-state index in [0.29, 0.717) is 6.04 Å². The van der Waals surface area contributed by atoms with Crippen molar-refractivity contribution in [2.24, 2.45) is 0 Å². The van der Waals surface area contributed by atoms with Gasteiger partial charge in [-0.05, 0) is 50.7 Å². The van der Waals surface area contributed by atoms with Crippen molar-refractivity contribution in [2.45, 2.75) is 26.4 Å². The molecule has 4 rings (SSSR count). The van der Waals surface area contributed by atoms with Crippen molar-refractivity contribution in [3.05, 3.63) is 54.6 Å². The predicted molar refractivity (Wildman–Crippen MR) is 108 cm³/mol. The standard InChI is InChI=1S/C21H28N6/c1-17-15-19(27-9-4-7-23-27)5-6-20(17)21-22-8-10-26(21)16-18(2)25-13-11-24(3)12-14-25/h4-10,15,18H,11-14,16H2,1-3H3/t18-/m0/s1. The first-order valence-electron chi connectivity index (χ1n) is 9.66. The van der Waals surface area contributed by atoms with Crippen LogP contribution in [0.25, 0.3) is 17.1 Å². The van der Waals surface area contributed by atoms with E-state index in [4.69, 9.17) is 0 Å². The van der Waals surface area contributed by atoms with E-state index in [9.17, 15) is 0 Å². The monoisotopic (exact) mass is 364 g/mol. The van der Waals surface area contributed by atoms with Crippen molar-refractivity contribution in [1.82, 2.24) is 29.1 Å². The molecular formula is C21H28N6. The predicted octanol–water partition coefficient (Wildman–Crippen LogP) is 2.68. The van der Waals surface area contributed by atoms with Crippen molar-refractivity contribution in [2.75, 3.05) is 33.2 Å². The highest BCUT2D eigenvalue weighted by atomic mass is 15.3. The Labute approximate surface area is 161 Å². The zero-order chi connectivity index (χ0) is 18.8. The molecule has 0 N–H and O–H groups in total. The number of hydrogen-bond acceptors (Lipinski definition) is 4. The summed E-state index contributed by atoms with van der Waals surface area (Å²) >= 11 is 0. The summed E-state index contributed by atoms with van der Waals surface area (Å²) in [5, 5.41) is 4.32. The molecule has 27 heavy (non-hydrogen) atoms. The first kappa shape index (κ1) is 17.9. The van der Waals surface area contributed by atoms with Crippen LogP contribution in [0.4, 0.5) is 0 Å². The summed E-state index contributed by atoms with van der Waals surface area (Å²) in [6.07, 6.45) is 7.78. The van der Waals surface area contributed by atoms with Crippen LogP contribution in [0.5, 0.6) is 0 Å². The molecule has 1 aromatic carbocycles. The van der Waals surface area contributed by atoms with Gasteiger partial charge in [-0.25, -0.2) is 9.67 Å². The topological polar surface area (TPSA) is 42.1 Å². The minimum absolute atomic E-state index is 0.496. The van der Waals surface area contributed by atoms with E-state index in [1.807, 2.05) is 23.1 Å². The molecule has 6 heteroatoms. The first-order valence-corrected chi connectivity index (χ1v) is 9.66. The summed E-state index contributed by atoms with van der Waals surface area (Å²) in [6, 6.07) is 8.88. The molecular weight excluding hydrogens is 336 g/mol. The van der Waals surface area contributed by atoms with Crippen LogP contribution in [0, 0.1) is 6.92 Å². The molecule has 1 atom stereocenters. The van der Waals surface area contributed by atoms with Crippen molar-refractivity contribution < 1.29 is 0 Å². The molecule has 1 aliphatic heterocycles. The number of piperazine rings is 1. The van der Waals surface area contributed by atoms with Gasteiger partial charge < -0.3 is 9.47 Å². The lowest BCUT2D eigenvalue weighted by molar-refractivity contribution is 0.111. The van der Waals surface area contributed by atoms with E-state index in [-0.39, 0.29) is 0 Å². The van der Waals surface area contributed by atoms with Crippen LogP contribution >= 0.6 is 0 Å². The van der Waals surface area contributed by atoms with Gasteiger partial charge in [0.15, 0.2) is 0 Å². The second kappa shape index (κ2) is 7.66. The Balaban J connectivity index is 1.53. The Morgan fingerprint density at radius 2 is 1.89 bits per heavy atom. The Hall–Kier alpha value is -2.44. The molecule has 1 fully saturated rings. The van der Waals surface area contributed by atoms with Gasteiger partial charge in [-0.3, -0.25) is 4.90 Å². The molecule has 0 saturated carbocycles. The average Bonchev–Trinajstić information content (AvgIpc) is 3.34. The summed E-state index contributed by atoms with van der Waals surface area (Å²) in [7, 11) is 2.20. The quantitative estimate of drug-likeness (QED) is 0.698. The molecule has 142 valence electrons. The van der Waals surface area contributed by atoms with Crippen molar-refractivity contribution >= 4 is 0 Å². The number of aromatic nitrogens is 4. The van der Waals surface area contributed by atoms with Crippen molar-refractivity contribution in [1.29, 1.82) is 0 Å². The molecule has 3 heterocycles. The van der Waals surface area contributed by atoms with Crippen LogP contribution < -0.4 is 0 Å². The average molecular weight is 364 g/mol. The number of rotatable bonds is 5. The number of hydrogen-bond donors (Lipinski definition) is 0. The number of aryl methyl sites for hydroxylation is 1. The van der Waals surface area contributed by atoms with Gasteiger partial charge in [-0.1, -0.05) is 0 Å². The zero-order valence-corrected chi connectivity index (χ0v) is 16.4. The summed E-state index contributed by atoms with van der Waals surface area (Å²) in [4.78, 5) is 9.64. The van der Waals surface area contributed by atoms with E-state index in [0.717, 1.165) is 44.2 Å². The van der Waals surface area contributed by atoms with Crippen molar-refractivity contribution in [3.63, 3.8) is 0 Å². The third-order valence-corrected chi connectivity index (χ3v) is 5.56. The van der Waals surface area contributed by atoms with Gasteiger partial charge in [0.2, 0.25) is 0 Å². The summed E-state index contributed by atoms with van der Waals surface area (Å²) in [5.41, 5.74) is 3.47. The van der Waals surface area contributed by atoms with Crippen LogP contribution in [0.1, 0.15) is 12.5 Å². The maximum Gasteiger partial charge on any atom is 0.140 e. The van der Waals surface area contributed by atoms with Gasteiger partial charge in [0.25, 0.3) is 0 Å². The third-order valence-electron chi connectivity index (χ3n) is 5.56. The minimum atomic E-state index is 0.496. The first-order chi connectivity index (χ1) is 13.1. The molecule has 3 aromatic rings. The van der Waals surface area contributed by atoms with Gasteiger partial charge in [-0.2, -0.15) is 5.10 Å². The van der Waals surface area contributed by atoms with Crippen molar-refractivity contribution in [3.8, 4) is 17.1 Å². The van der Waals surface area contributed by atoms with Crippen LogP contribution in [0.3, 0.4) is 0 Å². The van der Waals surface area contributed by atoms with E-state index in [1.54, 1.807) is 6.20 Å². The van der Waals surface area contributed by atoms with Crippen LogP contribution in [-0.4, -0.2) is 68.4 Å². The molecule has 1 saturated heterocycles. The maximum absolute atomic E-state index is 4.66. The second-order valence-electron chi connectivity index (χ2n) is 7.54. The van der Waals surface area contributed by atoms with Gasteiger partial charge in [0.1, 0.15) is 5.82 Å². The summed E-state index contributed by atoms with van der Waals surface area (Å²) in [5.74, 6) is 1.04. The van der Waals surface area contributed by atoms with Gasteiger partial charge in [-0.15, -0.1) is 0 Å². The highest BCUT2D eigenvalue weighted by molar-refractivity contribution is 5.63. The summed E-state index contributed by atoms with van der Waals surface area (Å²) < 4.78 is 4.18. The second-order valence-corrected chi connectivity index (χ2v) is 7.54. The lowest BCUT2D eigenvalue weighted by Crippen LogP contribution is -2.49. The molecule has 0 unspecified atom stereocenters. The highest BCUT2D eigenvalue weighted by Gasteiger charge is 2.20. The number of nitrogens with zero attached hydrogens (tertiary/aromatic N) is 6. The van der Waals surface area contributed by atoms with Gasteiger partial charge in [0, 0.05) is 69.1 Å². The fourth-order valence-corrected chi connectivity index (χ4v) is 3.83. The third kappa shape index (κ3) is 3.82. The zero-order valence-electron chi connectivity index (χ0n) is 16.4. The molecule has 0 amide bonds. The number of imidazole rings is 1. The minimum Gasteiger partial charge on any atom is -0.329 e. The van der Waals surface area contributed by atoms with Gasteiger partial charge in [0.05, 0.1) is 5.69 Å². The number of benzene rings is 1. The molecule has 6 nitrogen and oxygen atoms in total. The Kier molecular flexibility index (Phi) is 5.09. The van der Waals surface area contributed by atoms with E-state index in [2.05, 4.69) is 69.7 Å². The van der Waals surface area contributed by atoms with Gasteiger partial charge >= 0.3 is 0 Å². The number of likely N-dealkylation sites (N-methyl/N-ethyl adjacent to an activating group) is 1. The maximum atomic E-state index is 4.66. The normalized spacial score (nSPS) is 17.3. The van der Waals surface area contributed by atoms with Crippen LogP contribution in [0.2, 0.25) is 0 Å². The molecule has 0 aliphatic carbocycles. The largest absolute Gasteiger partial charge is 0.329 e. The fraction of sp³-hybridized carbons (Fsp3) is 0.429. The molecule has 0 bridgehead atoms. The smallest absolute Gasteiger partial charge is 0.140 e. The molecule has 2 aromatic heterocycles. The molecule has 0 spiro atoms.